The molecule has 1 amide bonds. The molecule has 2 N–H and O–H groups in total. The van der Waals surface area contributed by atoms with Gasteiger partial charge in [0, 0.05) is 31.5 Å². The number of carbonyl (C=O) groups is 1. The van der Waals surface area contributed by atoms with Crippen LogP contribution in [-0.4, -0.2) is 39.3 Å². The molecule has 0 bridgehead atoms. The summed E-state index contributed by atoms with van der Waals surface area (Å²) >= 11 is 0. The third-order valence-corrected chi connectivity index (χ3v) is 5.28. The van der Waals surface area contributed by atoms with Crippen LogP contribution in [0.2, 0.25) is 0 Å². The van der Waals surface area contributed by atoms with Crippen molar-refractivity contribution in [2.24, 2.45) is 17.6 Å². The van der Waals surface area contributed by atoms with Crippen LogP contribution in [0.1, 0.15) is 28.8 Å². The van der Waals surface area contributed by atoms with Crippen LogP contribution in [0, 0.1) is 18.8 Å². The molecule has 4 rings (SSSR count). The number of fused-ring (bicyclic) bond motifs is 2. The Balaban J connectivity index is 0.00000169. The quantitative estimate of drug-likeness (QED) is 0.840. The number of halogens is 1. The predicted molar refractivity (Wildman–Crippen MR) is 93.5 cm³/mol. The van der Waals surface area contributed by atoms with Crippen molar-refractivity contribution in [1.82, 2.24) is 14.3 Å². The first-order valence-electron chi connectivity index (χ1n) is 8.07. The van der Waals surface area contributed by atoms with E-state index in [1.165, 1.54) is 10.6 Å². The Bertz CT molecular complexity index is 850. The second-order valence-electron chi connectivity index (χ2n) is 6.79. The van der Waals surface area contributed by atoms with Crippen LogP contribution < -0.4 is 11.3 Å². The van der Waals surface area contributed by atoms with Crippen molar-refractivity contribution in [2.75, 3.05) is 13.1 Å². The van der Waals surface area contributed by atoms with Crippen LogP contribution in [0.25, 0.3) is 5.65 Å². The number of amides is 1. The van der Waals surface area contributed by atoms with E-state index in [2.05, 4.69) is 4.98 Å². The van der Waals surface area contributed by atoms with Crippen LogP contribution in [0.15, 0.2) is 29.3 Å². The lowest BCUT2D eigenvalue weighted by Gasteiger charge is -2.18. The van der Waals surface area contributed by atoms with Gasteiger partial charge in [0.1, 0.15) is 11.2 Å². The van der Waals surface area contributed by atoms with Crippen LogP contribution in [0.4, 0.5) is 0 Å². The summed E-state index contributed by atoms with van der Waals surface area (Å²) in [4.78, 5) is 31.4. The van der Waals surface area contributed by atoms with E-state index in [0.29, 0.717) is 30.6 Å². The van der Waals surface area contributed by atoms with E-state index < -0.39 is 0 Å². The molecule has 128 valence electrons. The minimum atomic E-state index is -0.301. The van der Waals surface area contributed by atoms with Gasteiger partial charge in [0.15, 0.2) is 0 Å². The van der Waals surface area contributed by atoms with Gasteiger partial charge >= 0.3 is 0 Å². The Labute approximate surface area is 146 Å². The number of carbonyl (C=O) groups excluding carboxylic acids is 1. The third kappa shape index (κ3) is 2.59. The highest BCUT2D eigenvalue weighted by molar-refractivity contribution is 5.94. The second kappa shape index (κ2) is 6.18. The van der Waals surface area contributed by atoms with Gasteiger partial charge in [0.25, 0.3) is 11.5 Å². The molecular weight excluding hydrogens is 328 g/mol. The highest BCUT2D eigenvalue weighted by Crippen LogP contribution is 2.37. The highest BCUT2D eigenvalue weighted by Gasteiger charge is 2.43. The molecule has 1 aliphatic heterocycles. The zero-order valence-electron chi connectivity index (χ0n) is 13.5. The summed E-state index contributed by atoms with van der Waals surface area (Å²) in [5, 5.41) is 0. The van der Waals surface area contributed by atoms with Crippen molar-refractivity contribution in [3.05, 3.63) is 46.0 Å². The number of pyridine rings is 1. The molecule has 2 aliphatic rings. The van der Waals surface area contributed by atoms with Crippen molar-refractivity contribution in [3.8, 4) is 0 Å². The molecule has 3 unspecified atom stereocenters. The molecule has 2 aromatic rings. The Kier molecular flexibility index (Phi) is 4.36. The minimum absolute atomic E-state index is 0. The van der Waals surface area contributed by atoms with Gasteiger partial charge in [-0.2, -0.15) is 0 Å². The highest BCUT2D eigenvalue weighted by atomic mass is 35.5. The summed E-state index contributed by atoms with van der Waals surface area (Å²) in [7, 11) is 0. The number of likely N-dealkylation sites (tertiary alicyclic amines) is 1. The van der Waals surface area contributed by atoms with Gasteiger partial charge in [-0.25, -0.2) is 4.98 Å². The average molecular weight is 349 g/mol. The molecule has 3 atom stereocenters. The number of hydrogen-bond donors (Lipinski definition) is 1. The molecule has 3 heterocycles. The summed E-state index contributed by atoms with van der Waals surface area (Å²) in [5.41, 5.74) is 7.47. The van der Waals surface area contributed by atoms with Crippen molar-refractivity contribution in [3.63, 3.8) is 0 Å². The number of nitrogens with two attached hydrogens (primary N) is 1. The lowest BCUT2D eigenvalue weighted by Crippen LogP contribution is -2.36. The fourth-order valence-electron chi connectivity index (χ4n) is 3.97. The van der Waals surface area contributed by atoms with E-state index in [4.69, 9.17) is 5.73 Å². The number of aromatic nitrogens is 2. The molecule has 6 nitrogen and oxygen atoms in total. The summed E-state index contributed by atoms with van der Waals surface area (Å²) < 4.78 is 1.45. The molecule has 0 spiro atoms. The van der Waals surface area contributed by atoms with Crippen LogP contribution in [-0.2, 0) is 0 Å². The fraction of sp³-hybridized carbons (Fsp3) is 0.471. The maximum atomic E-state index is 12.8. The number of rotatable bonds is 1. The number of aryl methyl sites for hydroxylation is 1. The topological polar surface area (TPSA) is 80.7 Å². The van der Waals surface area contributed by atoms with Crippen molar-refractivity contribution < 1.29 is 4.79 Å². The Morgan fingerprint density at radius 3 is 2.83 bits per heavy atom. The minimum Gasteiger partial charge on any atom is -0.338 e. The first-order chi connectivity index (χ1) is 11.0. The molecule has 1 saturated heterocycles. The van der Waals surface area contributed by atoms with Gasteiger partial charge in [-0.15, -0.1) is 12.4 Å². The molecule has 1 saturated carbocycles. The lowest BCUT2D eigenvalue weighted by atomic mass is 9.98. The van der Waals surface area contributed by atoms with E-state index in [1.807, 2.05) is 13.0 Å². The summed E-state index contributed by atoms with van der Waals surface area (Å²) in [5.74, 6) is 0.629. The average Bonchev–Trinajstić information content (AvgIpc) is 3.10. The van der Waals surface area contributed by atoms with Crippen molar-refractivity contribution in [1.29, 1.82) is 0 Å². The van der Waals surface area contributed by atoms with Gasteiger partial charge in [-0.05, 0) is 43.2 Å². The van der Waals surface area contributed by atoms with Crippen LogP contribution in [0.5, 0.6) is 0 Å². The zero-order valence-corrected chi connectivity index (χ0v) is 14.3. The van der Waals surface area contributed by atoms with E-state index >= 15 is 0 Å². The summed E-state index contributed by atoms with van der Waals surface area (Å²) in [6, 6.07) is 3.85. The molecule has 0 radical (unpaired) electrons. The number of nitrogens with zero attached hydrogens (tertiary/aromatic N) is 3. The zero-order chi connectivity index (χ0) is 16.1. The molecule has 0 aromatic carbocycles. The molecule has 24 heavy (non-hydrogen) atoms. The number of hydrogen-bond acceptors (Lipinski definition) is 4. The maximum absolute atomic E-state index is 12.8. The molecule has 2 aromatic heterocycles. The molecular formula is C17H21ClN4O2. The summed E-state index contributed by atoms with van der Waals surface area (Å²) in [6.45, 7) is 3.26. The van der Waals surface area contributed by atoms with Gasteiger partial charge in [-0.3, -0.25) is 14.0 Å². The van der Waals surface area contributed by atoms with E-state index in [0.717, 1.165) is 18.4 Å². The van der Waals surface area contributed by atoms with E-state index in [9.17, 15) is 9.59 Å². The van der Waals surface area contributed by atoms with Gasteiger partial charge in [0.2, 0.25) is 0 Å². The van der Waals surface area contributed by atoms with Gasteiger partial charge in [-0.1, -0.05) is 6.07 Å². The normalized spacial score (nSPS) is 25.6. The first kappa shape index (κ1) is 16.9. The third-order valence-electron chi connectivity index (χ3n) is 5.28. The van der Waals surface area contributed by atoms with Crippen molar-refractivity contribution in [2.45, 2.75) is 25.8 Å². The van der Waals surface area contributed by atoms with Crippen molar-refractivity contribution >= 4 is 24.0 Å². The molecule has 2 fully saturated rings. The Morgan fingerprint density at radius 1 is 1.29 bits per heavy atom. The fourth-order valence-corrected chi connectivity index (χ4v) is 3.97. The van der Waals surface area contributed by atoms with E-state index in [1.54, 1.807) is 17.2 Å². The van der Waals surface area contributed by atoms with Gasteiger partial charge in [0.05, 0.1) is 0 Å². The van der Waals surface area contributed by atoms with Crippen LogP contribution >= 0.6 is 12.4 Å². The second-order valence-corrected chi connectivity index (χ2v) is 6.79. The summed E-state index contributed by atoms with van der Waals surface area (Å²) in [6.07, 6.45) is 5.24. The molecule has 7 heteroatoms. The first-order valence-corrected chi connectivity index (χ1v) is 8.07. The predicted octanol–water partition coefficient (Wildman–Crippen LogP) is 1.23. The van der Waals surface area contributed by atoms with Crippen LogP contribution in [0.3, 0.4) is 0 Å². The Morgan fingerprint density at radius 2 is 2.08 bits per heavy atom. The Hall–Kier alpha value is -1.92. The standard InChI is InChI=1S/C17H20N4O2.ClH/c1-10-2-5-15-19-6-12(17(23)21(15)7-10)16(22)20-8-11-3-4-14(18)13(11)9-20;/h2,5-7,11,13-14H,3-4,8-9,18H2,1H3;1H. The maximum Gasteiger partial charge on any atom is 0.270 e. The lowest BCUT2D eigenvalue weighted by molar-refractivity contribution is 0.0777. The molecule has 1 aliphatic carbocycles. The smallest absolute Gasteiger partial charge is 0.270 e. The largest absolute Gasteiger partial charge is 0.338 e. The van der Waals surface area contributed by atoms with E-state index in [-0.39, 0.29) is 35.5 Å². The monoisotopic (exact) mass is 348 g/mol. The SMILES string of the molecule is Cc1ccc2ncc(C(=O)N3CC4CCC(N)C4C3)c(=O)n2c1.Cl. The van der Waals surface area contributed by atoms with Gasteiger partial charge < -0.3 is 10.6 Å².